The van der Waals surface area contributed by atoms with Crippen LogP contribution < -0.4 is 15.8 Å². The summed E-state index contributed by atoms with van der Waals surface area (Å²) in [6, 6.07) is 7.49. The molecule has 0 saturated heterocycles. The second kappa shape index (κ2) is 5.72. The average Bonchev–Trinajstić information content (AvgIpc) is 3.22. The molecule has 2 aromatic heterocycles. The number of carbonyl (C=O) groups excluding carboxylic acids is 1. The Morgan fingerprint density at radius 3 is 2.77 bits per heavy atom. The number of hydrogen-bond donors (Lipinski definition) is 2. The monoisotopic (exact) mass is 352 g/mol. The lowest BCUT2D eigenvalue weighted by Crippen LogP contribution is -2.19. The van der Waals surface area contributed by atoms with Crippen molar-refractivity contribution in [2.45, 2.75) is 32.2 Å². The zero-order valence-electron chi connectivity index (χ0n) is 14.9. The Labute approximate surface area is 150 Å². The van der Waals surface area contributed by atoms with Gasteiger partial charge in [-0.25, -0.2) is 4.98 Å². The summed E-state index contributed by atoms with van der Waals surface area (Å²) in [4.78, 5) is 21.1. The summed E-state index contributed by atoms with van der Waals surface area (Å²) in [5.41, 5.74) is 6.99. The van der Waals surface area contributed by atoms with Crippen molar-refractivity contribution in [1.29, 1.82) is 0 Å². The fraction of sp³-hybridized carbons (Fsp3) is 0.316. The first-order valence-corrected chi connectivity index (χ1v) is 8.44. The van der Waals surface area contributed by atoms with E-state index in [4.69, 9.17) is 14.9 Å². The Morgan fingerprint density at radius 1 is 1.35 bits per heavy atom. The summed E-state index contributed by atoms with van der Waals surface area (Å²) >= 11 is 0. The van der Waals surface area contributed by atoms with Crippen molar-refractivity contribution in [3.63, 3.8) is 0 Å². The minimum atomic E-state index is -0.553. The predicted molar refractivity (Wildman–Crippen MR) is 98.3 cm³/mol. The molecule has 26 heavy (non-hydrogen) atoms. The number of benzene rings is 1. The number of ether oxygens (including phenoxy) is 1. The third-order valence-electron chi connectivity index (χ3n) is 4.72. The molecule has 1 saturated carbocycles. The first-order chi connectivity index (χ1) is 12.4. The van der Waals surface area contributed by atoms with Gasteiger partial charge < -0.3 is 20.2 Å². The van der Waals surface area contributed by atoms with Crippen molar-refractivity contribution < 1.29 is 13.9 Å². The van der Waals surface area contributed by atoms with Crippen LogP contribution in [0.2, 0.25) is 0 Å². The molecule has 4 rings (SSSR count). The Hall–Kier alpha value is -3.09. The van der Waals surface area contributed by atoms with Gasteiger partial charge in [-0.05, 0) is 38.8 Å². The van der Waals surface area contributed by atoms with Gasteiger partial charge in [0.15, 0.2) is 5.82 Å². The molecule has 0 radical (unpaired) electrons. The SMILES string of the molecule is COc1cccc(-c2nc(NC3(C)CC3)c3c(C(N)=O)c(C)oc3n2)c1. The summed E-state index contributed by atoms with van der Waals surface area (Å²) in [7, 11) is 1.61. The van der Waals surface area contributed by atoms with Crippen LogP contribution in [0.3, 0.4) is 0 Å². The van der Waals surface area contributed by atoms with Crippen LogP contribution in [-0.4, -0.2) is 28.5 Å². The minimum absolute atomic E-state index is 0.0347. The first-order valence-electron chi connectivity index (χ1n) is 8.44. The minimum Gasteiger partial charge on any atom is -0.497 e. The van der Waals surface area contributed by atoms with Crippen LogP contribution in [0.1, 0.15) is 35.9 Å². The molecule has 134 valence electrons. The first kappa shape index (κ1) is 16.4. The lowest BCUT2D eigenvalue weighted by molar-refractivity contribution is 0.1000. The quantitative estimate of drug-likeness (QED) is 0.730. The molecule has 7 nitrogen and oxygen atoms in total. The highest BCUT2D eigenvalue weighted by Gasteiger charge is 2.38. The number of nitrogens with one attached hydrogen (secondary N) is 1. The van der Waals surface area contributed by atoms with Gasteiger partial charge in [0.1, 0.15) is 17.3 Å². The zero-order chi connectivity index (χ0) is 18.5. The van der Waals surface area contributed by atoms with Crippen LogP contribution in [0.25, 0.3) is 22.5 Å². The van der Waals surface area contributed by atoms with E-state index in [9.17, 15) is 4.79 Å². The van der Waals surface area contributed by atoms with Gasteiger partial charge in [-0.3, -0.25) is 4.79 Å². The number of primary amides is 1. The number of aromatic nitrogens is 2. The van der Waals surface area contributed by atoms with Crippen molar-refractivity contribution >= 4 is 22.8 Å². The van der Waals surface area contributed by atoms with E-state index in [0.29, 0.717) is 39.8 Å². The molecule has 3 aromatic rings. The maximum absolute atomic E-state index is 11.9. The van der Waals surface area contributed by atoms with Crippen LogP contribution in [0, 0.1) is 6.92 Å². The molecule has 1 aliphatic rings. The Morgan fingerprint density at radius 2 is 2.12 bits per heavy atom. The number of anilines is 1. The Kier molecular flexibility index (Phi) is 3.61. The number of furan rings is 1. The van der Waals surface area contributed by atoms with Crippen molar-refractivity contribution in [1.82, 2.24) is 9.97 Å². The molecule has 1 amide bonds. The van der Waals surface area contributed by atoms with E-state index in [-0.39, 0.29) is 5.54 Å². The molecule has 3 N–H and O–H groups in total. The average molecular weight is 352 g/mol. The van der Waals surface area contributed by atoms with E-state index in [1.165, 1.54) is 0 Å². The van der Waals surface area contributed by atoms with Gasteiger partial charge in [-0.1, -0.05) is 12.1 Å². The Bertz CT molecular complexity index is 1020. The van der Waals surface area contributed by atoms with Crippen molar-refractivity contribution in [3.8, 4) is 17.1 Å². The van der Waals surface area contributed by atoms with E-state index >= 15 is 0 Å². The van der Waals surface area contributed by atoms with Gasteiger partial charge in [-0.15, -0.1) is 0 Å². The fourth-order valence-electron chi connectivity index (χ4n) is 2.99. The molecule has 0 unspecified atom stereocenters. The number of aryl methyl sites for hydroxylation is 1. The Balaban J connectivity index is 1.94. The molecule has 1 fully saturated rings. The number of methoxy groups -OCH3 is 1. The van der Waals surface area contributed by atoms with E-state index in [1.54, 1.807) is 14.0 Å². The highest BCUT2D eigenvalue weighted by molar-refractivity contribution is 6.09. The normalized spacial score (nSPS) is 15.0. The second-order valence-corrected chi connectivity index (χ2v) is 6.89. The van der Waals surface area contributed by atoms with Crippen molar-refractivity contribution in [3.05, 3.63) is 35.6 Å². The summed E-state index contributed by atoms with van der Waals surface area (Å²) in [5.74, 6) is 1.66. The molecule has 0 atom stereocenters. The summed E-state index contributed by atoms with van der Waals surface area (Å²) in [6.45, 7) is 3.82. The van der Waals surface area contributed by atoms with Gasteiger partial charge >= 0.3 is 0 Å². The highest BCUT2D eigenvalue weighted by Crippen LogP contribution is 2.41. The lowest BCUT2D eigenvalue weighted by Gasteiger charge is -2.14. The van der Waals surface area contributed by atoms with Crippen LogP contribution in [0.15, 0.2) is 28.7 Å². The summed E-state index contributed by atoms with van der Waals surface area (Å²) < 4.78 is 11.0. The number of nitrogens with zero attached hydrogens (tertiary/aromatic N) is 2. The van der Waals surface area contributed by atoms with Crippen LogP contribution in [-0.2, 0) is 0 Å². The lowest BCUT2D eigenvalue weighted by atomic mass is 10.1. The van der Waals surface area contributed by atoms with Crippen molar-refractivity contribution in [2.24, 2.45) is 5.73 Å². The molecular weight excluding hydrogens is 332 g/mol. The van der Waals surface area contributed by atoms with Crippen LogP contribution >= 0.6 is 0 Å². The van der Waals surface area contributed by atoms with E-state index in [0.717, 1.165) is 18.4 Å². The van der Waals surface area contributed by atoms with Crippen LogP contribution in [0.4, 0.5) is 5.82 Å². The number of carbonyl (C=O) groups is 1. The molecule has 1 aliphatic carbocycles. The fourth-order valence-corrected chi connectivity index (χ4v) is 2.99. The number of rotatable bonds is 5. The van der Waals surface area contributed by atoms with Gasteiger partial charge in [0.25, 0.3) is 5.91 Å². The largest absolute Gasteiger partial charge is 0.497 e. The number of hydrogen-bond acceptors (Lipinski definition) is 6. The molecule has 0 aliphatic heterocycles. The zero-order valence-corrected chi connectivity index (χ0v) is 14.9. The molecule has 1 aromatic carbocycles. The molecule has 0 spiro atoms. The molecule has 0 bridgehead atoms. The molecular formula is C19H20N4O3. The number of nitrogens with two attached hydrogens (primary N) is 1. The highest BCUT2D eigenvalue weighted by atomic mass is 16.5. The molecule has 2 heterocycles. The summed E-state index contributed by atoms with van der Waals surface area (Å²) in [5, 5.41) is 3.97. The van der Waals surface area contributed by atoms with Gasteiger partial charge in [0, 0.05) is 11.1 Å². The smallest absolute Gasteiger partial charge is 0.253 e. The second-order valence-electron chi connectivity index (χ2n) is 6.89. The van der Waals surface area contributed by atoms with Gasteiger partial charge in [0.05, 0.1) is 18.1 Å². The van der Waals surface area contributed by atoms with E-state index < -0.39 is 5.91 Å². The predicted octanol–water partition coefficient (Wildman–Crippen LogP) is 3.27. The van der Waals surface area contributed by atoms with Gasteiger partial charge in [0.2, 0.25) is 5.71 Å². The maximum Gasteiger partial charge on any atom is 0.253 e. The maximum atomic E-state index is 11.9. The van der Waals surface area contributed by atoms with Gasteiger partial charge in [-0.2, -0.15) is 4.98 Å². The summed E-state index contributed by atoms with van der Waals surface area (Å²) in [6.07, 6.45) is 2.07. The topological polar surface area (TPSA) is 103 Å². The van der Waals surface area contributed by atoms with E-state index in [2.05, 4.69) is 22.2 Å². The number of fused-ring (bicyclic) bond motifs is 1. The third kappa shape index (κ3) is 2.75. The standard InChI is InChI=1S/C19H20N4O3/c1-10-13(15(20)24)14-17(23-19(2)7-8-19)21-16(22-18(14)26-10)11-5-4-6-12(9-11)25-3/h4-6,9H,7-8H2,1-3H3,(H2,20,24)(H,21,22,23). The third-order valence-corrected chi connectivity index (χ3v) is 4.72. The van der Waals surface area contributed by atoms with Crippen LogP contribution in [0.5, 0.6) is 5.75 Å². The van der Waals surface area contributed by atoms with Crippen molar-refractivity contribution in [2.75, 3.05) is 12.4 Å². The molecule has 7 heteroatoms. The van der Waals surface area contributed by atoms with E-state index in [1.807, 2.05) is 24.3 Å². The number of amides is 1.